The minimum absolute atomic E-state index is 0.225. The molecule has 3 heteroatoms. The largest absolute Gasteiger partial charge is 0.356 e. The van der Waals surface area contributed by atoms with Gasteiger partial charge >= 0.3 is 0 Å². The first-order valence-corrected chi connectivity index (χ1v) is 3.88. The number of nitriles is 1. The van der Waals surface area contributed by atoms with E-state index in [2.05, 4.69) is 5.32 Å². The predicted molar refractivity (Wildman–Crippen MR) is 42.8 cm³/mol. The molecule has 1 saturated heterocycles. The van der Waals surface area contributed by atoms with E-state index < -0.39 is 0 Å². The van der Waals surface area contributed by atoms with Gasteiger partial charge < -0.3 is 5.32 Å². The Morgan fingerprint density at radius 3 is 2.73 bits per heavy atom. The van der Waals surface area contributed by atoms with E-state index in [1.54, 1.807) is 6.07 Å². The van der Waals surface area contributed by atoms with Crippen LogP contribution in [0, 0.1) is 11.3 Å². The standard InChI is InChI=1S/C6H11NO.C2H3N/c8-6-4-2-1-3-5-7-6;1-2-3/h1-5H2,(H,7,8);1H3. The quantitative estimate of drug-likeness (QED) is 0.570. The summed E-state index contributed by atoms with van der Waals surface area (Å²) < 4.78 is 0. The highest BCUT2D eigenvalue weighted by Crippen LogP contribution is 2.02. The number of nitrogens with zero attached hydrogens (tertiary/aromatic N) is 1. The van der Waals surface area contributed by atoms with Gasteiger partial charge in [-0.3, -0.25) is 4.79 Å². The van der Waals surface area contributed by atoms with Crippen molar-refractivity contribution in [1.82, 2.24) is 5.32 Å². The molecule has 0 atom stereocenters. The number of rotatable bonds is 0. The van der Waals surface area contributed by atoms with Crippen LogP contribution in [0.25, 0.3) is 0 Å². The van der Waals surface area contributed by atoms with Gasteiger partial charge in [-0.2, -0.15) is 5.26 Å². The molecule has 1 N–H and O–H groups in total. The molecule has 1 rings (SSSR count). The van der Waals surface area contributed by atoms with E-state index in [0.717, 1.165) is 25.8 Å². The molecule has 0 spiro atoms. The van der Waals surface area contributed by atoms with Crippen molar-refractivity contribution in [2.45, 2.75) is 32.6 Å². The lowest BCUT2D eigenvalue weighted by atomic mass is 10.2. The Kier molecular flexibility index (Phi) is 6.40. The fourth-order valence-electron chi connectivity index (χ4n) is 0.904. The van der Waals surface area contributed by atoms with E-state index in [0.29, 0.717) is 0 Å². The maximum absolute atomic E-state index is 10.6. The fourth-order valence-corrected chi connectivity index (χ4v) is 0.904. The molecule has 0 bridgehead atoms. The Hall–Kier alpha value is -1.04. The summed E-state index contributed by atoms with van der Waals surface area (Å²) in [4.78, 5) is 10.6. The van der Waals surface area contributed by atoms with E-state index in [1.165, 1.54) is 13.3 Å². The summed E-state index contributed by atoms with van der Waals surface area (Å²) in [7, 11) is 0. The minimum Gasteiger partial charge on any atom is -0.356 e. The monoisotopic (exact) mass is 154 g/mol. The van der Waals surface area contributed by atoms with Gasteiger partial charge in [-0.05, 0) is 12.8 Å². The molecule has 0 saturated carbocycles. The second kappa shape index (κ2) is 7.07. The summed E-state index contributed by atoms with van der Waals surface area (Å²) >= 11 is 0. The summed E-state index contributed by atoms with van der Waals surface area (Å²) in [6.07, 6.45) is 4.18. The number of hydrogen-bond acceptors (Lipinski definition) is 2. The first kappa shape index (κ1) is 9.96. The lowest BCUT2D eigenvalue weighted by Gasteiger charge is -1.93. The first-order valence-electron chi connectivity index (χ1n) is 3.88. The van der Waals surface area contributed by atoms with Crippen molar-refractivity contribution in [1.29, 1.82) is 5.26 Å². The smallest absolute Gasteiger partial charge is 0.219 e. The van der Waals surface area contributed by atoms with E-state index in [4.69, 9.17) is 5.26 Å². The van der Waals surface area contributed by atoms with Crippen molar-refractivity contribution in [2.75, 3.05) is 6.54 Å². The molecule has 0 unspecified atom stereocenters. The third-order valence-corrected chi connectivity index (χ3v) is 1.40. The third-order valence-electron chi connectivity index (χ3n) is 1.40. The first-order chi connectivity index (χ1) is 5.31. The Labute approximate surface area is 67.4 Å². The molecule has 11 heavy (non-hydrogen) atoms. The van der Waals surface area contributed by atoms with Crippen LogP contribution in [0.1, 0.15) is 32.6 Å². The molecule has 1 fully saturated rings. The van der Waals surface area contributed by atoms with Gasteiger partial charge in [-0.25, -0.2) is 0 Å². The van der Waals surface area contributed by atoms with Gasteiger partial charge in [0.1, 0.15) is 0 Å². The van der Waals surface area contributed by atoms with Crippen LogP contribution in [-0.4, -0.2) is 12.5 Å². The highest BCUT2D eigenvalue weighted by Gasteiger charge is 2.03. The minimum atomic E-state index is 0.225. The average molecular weight is 154 g/mol. The molecular weight excluding hydrogens is 140 g/mol. The van der Waals surface area contributed by atoms with Crippen molar-refractivity contribution < 1.29 is 4.79 Å². The molecule has 0 aromatic rings. The molecule has 0 radical (unpaired) electrons. The predicted octanol–water partition coefficient (Wildman–Crippen LogP) is 1.21. The van der Waals surface area contributed by atoms with Crippen LogP contribution in [0.15, 0.2) is 0 Å². The van der Waals surface area contributed by atoms with Crippen molar-refractivity contribution >= 4 is 5.91 Å². The molecule has 62 valence electrons. The maximum Gasteiger partial charge on any atom is 0.219 e. The van der Waals surface area contributed by atoms with E-state index in [9.17, 15) is 4.79 Å². The Morgan fingerprint density at radius 2 is 2.09 bits per heavy atom. The van der Waals surface area contributed by atoms with Gasteiger partial charge in [-0.1, -0.05) is 6.42 Å². The summed E-state index contributed by atoms with van der Waals surface area (Å²) in [6, 6.07) is 1.75. The van der Waals surface area contributed by atoms with Gasteiger partial charge in [0.15, 0.2) is 0 Å². The number of nitrogens with one attached hydrogen (secondary N) is 1. The van der Waals surface area contributed by atoms with Crippen LogP contribution in [0.5, 0.6) is 0 Å². The van der Waals surface area contributed by atoms with Crippen LogP contribution < -0.4 is 5.32 Å². The topological polar surface area (TPSA) is 52.9 Å². The number of carbonyl (C=O) groups excluding carboxylic acids is 1. The van der Waals surface area contributed by atoms with Gasteiger partial charge in [0.2, 0.25) is 5.91 Å². The van der Waals surface area contributed by atoms with E-state index in [-0.39, 0.29) is 5.91 Å². The van der Waals surface area contributed by atoms with Gasteiger partial charge in [0.05, 0.1) is 6.07 Å². The van der Waals surface area contributed by atoms with Crippen molar-refractivity contribution in [3.63, 3.8) is 0 Å². The average Bonchev–Trinajstić information content (AvgIpc) is 2.18. The zero-order chi connectivity index (χ0) is 8.53. The Bertz CT molecular complexity index is 139. The summed E-state index contributed by atoms with van der Waals surface area (Å²) in [6.45, 7) is 2.32. The van der Waals surface area contributed by atoms with Crippen molar-refractivity contribution in [3.8, 4) is 6.07 Å². The Morgan fingerprint density at radius 1 is 1.45 bits per heavy atom. The van der Waals surface area contributed by atoms with Crippen LogP contribution in [-0.2, 0) is 4.79 Å². The molecule has 0 aromatic heterocycles. The zero-order valence-electron chi connectivity index (χ0n) is 6.89. The maximum atomic E-state index is 10.6. The number of carbonyl (C=O) groups is 1. The summed E-state index contributed by atoms with van der Waals surface area (Å²) in [5.74, 6) is 0.225. The van der Waals surface area contributed by atoms with E-state index >= 15 is 0 Å². The third kappa shape index (κ3) is 6.85. The van der Waals surface area contributed by atoms with Gasteiger partial charge in [0, 0.05) is 19.9 Å². The molecule has 0 aliphatic carbocycles. The van der Waals surface area contributed by atoms with Crippen molar-refractivity contribution in [2.24, 2.45) is 0 Å². The Balaban J connectivity index is 0.000000292. The zero-order valence-corrected chi connectivity index (χ0v) is 6.89. The second-order valence-corrected chi connectivity index (χ2v) is 2.38. The normalized spacial score (nSPS) is 16.5. The molecular formula is C8H14N2O. The SMILES string of the molecule is CC#N.O=C1CCCCCN1. The van der Waals surface area contributed by atoms with Crippen LogP contribution in [0.3, 0.4) is 0 Å². The van der Waals surface area contributed by atoms with Gasteiger partial charge in [-0.15, -0.1) is 0 Å². The molecule has 1 aliphatic rings. The molecule has 1 heterocycles. The summed E-state index contributed by atoms with van der Waals surface area (Å²) in [5, 5.41) is 10.1. The van der Waals surface area contributed by atoms with Gasteiger partial charge in [0.25, 0.3) is 0 Å². The highest BCUT2D eigenvalue weighted by molar-refractivity contribution is 5.75. The fraction of sp³-hybridized carbons (Fsp3) is 0.750. The lowest BCUT2D eigenvalue weighted by Crippen LogP contribution is -2.21. The number of amides is 1. The van der Waals surface area contributed by atoms with Crippen LogP contribution >= 0.6 is 0 Å². The van der Waals surface area contributed by atoms with E-state index in [1.807, 2.05) is 0 Å². The van der Waals surface area contributed by atoms with Crippen molar-refractivity contribution in [3.05, 3.63) is 0 Å². The highest BCUT2D eigenvalue weighted by atomic mass is 16.1. The molecule has 3 nitrogen and oxygen atoms in total. The molecule has 0 aromatic carbocycles. The second-order valence-electron chi connectivity index (χ2n) is 2.38. The summed E-state index contributed by atoms with van der Waals surface area (Å²) in [5.41, 5.74) is 0. The lowest BCUT2D eigenvalue weighted by molar-refractivity contribution is -0.120. The van der Waals surface area contributed by atoms with Crippen LogP contribution in [0.2, 0.25) is 0 Å². The number of hydrogen-bond donors (Lipinski definition) is 1. The van der Waals surface area contributed by atoms with Crippen LogP contribution in [0.4, 0.5) is 0 Å². The molecule has 1 aliphatic heterocycles. The molecule has 1 amide bonds.